The summed E-state index contributed by atoms with van der Waals surface area (Å²) in [6.45, 7) is 3.69. The van der Waals surface area contributed by atoms with Gasteiger partial charge in [0.2, 0.25) is 0 Å². The molecule has 1 fully saturated rings. The molecular formula is C13H13ClO. The van der Waals surface area contributed by atoms with Crippen LogP contribution < -0.4 is 0 Å². The van der Waals surface area contributed by atoms with Crippen molar-refractivity contribution in [2.24, 2.45) is 5.92 Å². The summed E-state index contributed by atoms with van der Waals surface area (Å²) in [7, 11) is 0. The Morgan fingerprint density at radius 2 is 2.20 bits per heavy atom. The predicted octanol–water partition coefficient (Wildman–Crippen LogP) is 2.48. The largest absolute Gasteiger partial charge is 0.384 e. The van der Waals surface area contributed by atoms with E-state index in [-0.39, 0.29) is 11.3 Å². The van der Waals surface area contributed by atoms with E-state index in [0.29, 0.717) is 5.92 Å². The van der Waals surface area contributed by atoms with Crippen LogP contribution in [0.3, 0.4) is 0 Å². The van der Waals surface area contributed by atoms with Crippen LogP contribution in [-0.2, 0) is 6.42 Å². The van der Waals surface area contributed by atoms with Crippen LogP contribution in [0, 0.1) is 5.92 Å². The molecule has 0 heterocycles. The molecule has 0 spiro atoms. The quantitative estimate of drug-likeness (QED) is 0.570. The van der Waals surface area contributed by atoms with E-state index in [9.17, 15) is 5.11 Å². The van der Waals surface area contributed by atoms with Gasteiger partial charge in [0.25, 0.3) is 0 Å². The molecule has 2 aliphatic carbocycles. The first-order valence-electron chi connectivity index (χ1n) is 5.26. The lowest BCUT2D eigenvalue weighted by molar-refractivity contribution is -0.0567. The minimum Gasteiger partial charge on any atom is -0.384 e. The van der Waals surface area contributed by atoms with E-state index in [0.717, 1.165) is 6.42 Å². The van der Waals surface area contributed by atoms with Gasteiger partial charge in [-0.3, -0.25) is 0 Å². The highest BCUT2D eigenvalue weighted by atomic mass is 35.5. The van der Waals surface area contributed by atoms with Crippen LogP contribution >= 0.6 is 11.6 Å². The number of hydrogen-bond acceptors (Lipinski definition) is 1. The van der Waals surface area contributed by atoms with Gasteiger partial charge in [-0.05, 0) is 17.5 Å². The number of hydrogen-bond donors (Lipinski definition) is 1. The van der Waals surface area contributed by atoms with Gasteiger partial charge in [-0.2, -0.15) is 0 Å². The Labute approximate surface area is 94.4 Å². The summed E-state index contributed by atoms with van der Waals surface area (Å²) in [5, 5.41) is 10.1. The van der Waals surface area contributed by atoms with Crippen molar-refractivity contribution in [1.29, 1.82) is 0 Å². The van der Waals surface area contributed by atoms with Gasteiger partial charge >= 0.3 is 0 Å². The molecule has 4 atom stereocenters. The number of fused-ring (bicyclic) bond motifs is 3. The van der Waals surface area contributed by atoms with Crippen LogP contribution in [0.2, 0.25) is 0 Å². The highest BCUT2D eigenvalue weighted by Gasteiger charge is 2.62. The molecule has 15 heavy (non-hydrogen) atoms. The van der Waals surface area contributed by atoms with E-state index in [1.54, 1.807) is 6.08 Å². The van der Waals surface area contributed by atoms with Gasteiger partial charge in [-0.15, -0.1) is 18.2 Å². The Hall–Kier alpha value is -0.790. The van der Waals surface area contributed by atoms with Gasteiger partial charge in [0.1, 0.15) is 5.60 Å². The summed E-state index contributed by atoms with van der Waals surface area (Å²) in [5.74, 6) is 0.542. The van der Waals surface area contributed by atoms with Crippen molar-refractivity contribution >= 4 is 11.6 Å². The molecule has 1 saturated carbocycles. The van der Waals surface area contributed by atoms with Crippen molar-refractivity contribution in [3.63, 3.8) is 0 Å². The minimum absolute atomic E-state index is 0.219. The van der Waals surface area contributed by atoms with Gasteiger partial charge in [0.05, 0.1) is 5.38 Å². The number of aliphatic hydroxyl groups is 1. The monoisotopic (exact) mass is 220 g/mol. The normalized spacial score (nSPS) is 41.6. The van der Waals surface area contributed by atoms with E-state index in [2.05, 4.69) is 18.7 Å². The lowest BCUT2D eigenvalue weighted by Crippen LogP contribution is -2.59. The van der Waals surface area contributed by atoms with Crippen LogP contribution in [-0.4, -0.2) is 16.1 Å². The van der Waals surface area contributed by atoms with Crippen molar-refractivity contribution in [1.82, 2.24) is 0 Å². The molecule has 0 bridgehead atoms. The SMILES string of the molecule is C=C[C@@]1(O)[C@H](Cl)[C@@H]2c3ccccc3C[C@@H]21. The highest BCUT2D eigenvalue weighted by molar-refractivity contribution is 6.23. The third-order valence-electron chi connectivity index (χ3n) is 3.97. The van der Waals surface area contributed by atoms with E-state index in [4.69, 9.17) is 11.6 Å². The number of benzene rings is 1. The molecule has 0 amide bonds. The first-order valence-corrected chi connectivity index (χ1v) is 5.70. The summed E-state index contributed by atoms with van der Waals surface area (Å²) >= 11 is 6.26. The molecule has 2 heteroatoms. The molecule has 0 radical (unpaired) electrons. The molecule has 0 saturated heterocycles. The Morgan fingerprint density at radius 1 is 1.47 bits per heavy atom. The average molecular weight is 221 g/mol. The maximum atomic E-state index is 10.3. The topological polar surface area (TPSA) is 20.2 Å². The van der Waals surface area contributed by atoms with Crippen LogP contribution in [0.25, 0.3) is 0 Å². The lowest BCUT2D eigenvalue weighted by Gasteiger charge is -2.51. The molecule has 1 aromatic carbocycles. The van der Waals surface area contributed by atoms with Crippen LogP contribution in [0.4, 0.5) is 0 Å². The molecule has 0 aromatic heterocycles. The molecule has 1 N–H and O–H groups in total. The standard InChI is InChI=1S/C13H13ClO/c1-2-13(15)10-7-8-5-3-4-6-9(8)11(10)12(13)14/h2-6,10-12,15H,1,7H2/t10-,11+,12+,13-/m0/s1. The van der Waals surface area contributed by atoms with Crippen LogP contribution in [0.15, 0.2) is 36.9 Å². The smallest absolute Gasteiger partial charge is 0.103 e. The van der Waals surface area contributed by atoms with E-state index >= 15 is 0 Å². The first kappa shape index (κ1) is 9.44. The van der Waals surface area contributed by atoms with Crippen molar-refractivity contribution in [2.75, 3.05) is 0 Å². The zero-order valence-corrected chi connectivity index (χ0v) is 9.11. The molecule has 0 unspecified atom stereocenters. The number of halogens is 1. The fourth-order valence-corrected chi connectivity index (χ4v) is 3.64. The molecule has 1 nitrogen and oxygen atoms in total. The second-order valence-corrected chi connectivity index (χ2v) is 5.00. The van der Waals surface area contributed by atoms with E-state index in [1.165, 1.54) is 11.1 Å². The van der Waals surface area contributed by atoms with Gasteiger partial charge in [-0.25, -0.2) is 0 Å². The van der Waals surface area contributed by atoms with Crippen LogP contribution in [0.5, 0.6) is 0 Å². The third-order valence-corrected chi connectivity index (χ3v) is 4.59. The van der Waals surface area contributed by atoms with Crippen molar-refractivity contribution in [3.05, 3.63) is 48.0 Å². The lowest BCUT2D eigenvalue weighted by atomic mass is 9.61. The third kappa shape index (κ3) is 0.977. The number of rotatable bonds is 1. The van der Waals surface area contributed by atoms with Gasteiger partial charge in [-0.1, -0.05) is 30.3 Å². The van der Waals surface area contributed by atoms with E-state index < -0.39 is 5.60 Å². The summed E-state index contributed by atoms with van der Waals surface area (Å²) in [5.41, 5.74) is 1.77. The Bertz CT molecular complexity index is 428. The van der Waals surface area contributed by atoms with Crippen LogP contribution in [0.1, 0.15) is 17.0 Å². The minimum atomic E-state index is -0.870. The number of alkyl halides is 1. The molecule has 1 aromatic rings. The summed E-state index contributed by atoms with van der Waals surface area (Å²) in [6.07, 6.45) is 2.53. The Morgan fingerprint density at radius 3 is 2.93 bits per heavy atom. The Balaban J connectivity index is 2.04. The molecule has 3 rings (SSSR count). The van der Waals surface area contributed by atoms with Gasteiger partial charge in [0, 0.05) is 11.8 Å². The van der Waals surface area contributed by atoms with Crippen molar-refractivity contribution < 1.29 is 5.11 Å². The zero-order chi connectivity index (χ0) is 10.6. The molecule has 0 aliphatic heterocycles. The summed E-state index contributed by atoms with van der Waals surface area (Å²) in [4.78, 5) is 0. The first-order chi connectivity index (χ1) is 7.18. The summed E-state index contributed by atoms with van der Waals surface area (Å²) in [6, 6.07) is 8.33. The Kier molecular flexibility index (Phi) is 1.80. The molecular weight excluding hydrogens is 208 g/mol. The predicted molar refractivity (Wildman–Crippen MR) is 61.2 cm³/mol. The van der Waals surface area contributed by atoms with Crippen molar-refractivity contribution in [2.45, 2.75) is 23.3 Å². The second kappa shape index (κ2) is 2.87. The van der Waals surface area contributed by atoms with Gasteiger partial charge < -0.3 is 5.11 Å². The second-order valence-electron chi connectivity index (χ2n) is 4.53. The van der Waals surface area contributed by atoms with E-state index in [1.807, 2.05) is 12.1 Å². The maximum Gasteiger partial charge on any atom is 0.103 e. The zero-order valence-electron chi connectivity index (χ0n) is 8.36. The highest BCUT2D eigenvalue weighted by Crippen LogP contribution is 2.59. The van der Waals surface area contributed by atoms with Gasteiger partial charge in [0.15, 0.2) is 0 Å². The summed E-state index contributed by atoms with van der Waals surface area (Å²) < 4.78 is 0. The maximum absolute atomic E-state index is 10.3. The van der Waals surface area contributed by atoms with Crippen molar-refractivity contribution in [3.8, 4) is 0 Å². The molecule has 78 valence electrons. The fraction of sp³-hybridized carbons (Fsp3) is 0.385. The average Bonchev–Trinajstić information content (AvgIpc) is 2.64. The fourth-order valence-electron chi connectivity index (χ4n) is 3.08. The molecule has 2 aliphatic rings.